The summed E-state index contributed by atoms with van der Waals surface area (Å²) in [6, 6.07) is 3.27. The largest absolute Gasteiger partial charge is 0.573 e. The van der Waals surface area contributed by atoms with Crippen LogP contribution >= 0.6 is 0 Å². The molecule has 1 saturated heterocycles. The van der Waals surface area contributed by atoms with Crippen LogP contribution in [0.1, 0.15) is 18.5 Å². The minimum atomic E-state index is -4.78. The van der Waals surface area contributed by atoms with Gasteiger partial charge in [-0.05, 0) is 24.6 Å². The Morgan fingerprint density at radius 3 is 2.63 bits per heavy atom. The standard InChI is InChI=1S/C11H11F3N2O3/c1-6-9(16(18)10(17)15-6)7-3-2-4-8(5-7)19-11(12,13)14/h2-6,9,18H,1H3,(H,15,17). The van der Waals surface area contributed by atoms with Crippen molar-refractivity contribution >= 4 is 6.03 Å². The summed E-state index contributed by atoms with van der Waals surface area (Å²) >= 11 is 0. The van der Waals surface area contributed by atoms with Crippen LogP contribution in [0, 0.1) is 0 Å². The molecule has 2 unspecified atom stereocenters. The van der Waals surface area contributed by atoms with Crippen LogP contribution < -0.4 is 10.1 Å². The molecule has 2 atom stereocenters. The molecule has 1 aromatic carbocycles. The number of rotatable bonds is 2. The van der Waals surface area contributed by atoms with Crippen LogP contribution in [0.3, 0.4) is 0 Å². The lowest BCUT2D eigenvalue weighted by atomic mass is 10.0. The molecule has 1 heterocycles. The van der Waals surface area contributed by atoms with Crippen molar-refractivity contribution in [1.82, 2.24) is 10.4 Å². The minimum Gasteiger partial charge on any atom is -0.406 e. The number of carbonyl (C=O) groups excluding carboxylic acids is 1. The summed E-state index contributed by atoms with van der Waals surface area (Å²) in [5.41, 5.74) is 0.343. The zero-order chi connectivity index (χ0) is 14.2. The van der Waals surface area contributed by atoms with E-state index in [1.165, 1.54) is 12.1 Å². The number of amides is 2. The van der Waals surface area contributed by atoms with E-state index in [1.807, 2.05) is 0 Å². The number of hydrogen-bond acceptors (Lipinski definition) is 3. The lowest BCUT2D eigenvalue weighted by molar-refractivity contribution is -0.274. The highest BCUT2D eigenvalue weighted by molar-refractivity contribution is 5.76. The first-order valence-electron chi connectivity index (χ1n) is 5.42. The maximum absolute atomic E-state index is 12.1. The quantitative estimate of drug-likeness (QED) is 0.815. The van der Waals surface area contributed by atoms with E-state index in [9.17, 15) is 23.2 Å². The molecule has 8 heteroatoms. The predicted octanol–water partition coefficient (Wildman–Crippen LogP) is 2.43. The van der Waals surface area contributed by atoms with E-state index in [4.69, 9.17) is 0 Å². The molecule has 0 saturated carbocycles. The van der Waals surface area contributed by atoms with Crippen molar-refractivity contribution in [3.05, 3.63) is 29.8 Å². The van der Waals surface area contributed by atoms with Crippen LogP contribution in [0.2, 0.25) is 0 Å². The molecule has 1 fully saturated rings. The van der Waals surface area contributed by atoms with Gasteiger partial charge in [0.25, 0.3) is 0 Å². The molecule has 0 spiro atoms. The van der Waals surface area contributed by atoms with Gasteiger partial charge in [0.1, 0.15) is 11.8 Å². The molecule has 0 radical (unpaired) electrons. The van der Waals surface area contributed by atoms with Crippen molar-refractivity contribution in [2.24, 2.45) is 0 Å². The van der Waals surface area contributed by atoms with Gasteiger partial charge in [0, 0.05) is 0 Å². The second kappa shape index (κ2) is 4.61. The fourth-order valence-corrected chi connectivity index (χ4v) is 2.00. The first-order valence-corrected chi connectivity index (χ1v) is 5.42. The SMILES string of the molecule is CC1NC(=O)N(O)C1c1cccc(OC(F)(F)F)c1. The van der Waals surface area contributed by atoms with Crippen LogP contribution in [0.15, 0.2) is 24.3 Å². The first kappa shape index (κ1) is 13.5. The number of hydroxylamine groups is 2. The monoisotopic (exact) mass is 276 g/mol. The summed E-state index contributed by atoms with van der Waals surface area (Å²) in [5.74, 6) is -0.398. The Morgan fingerprint density at radius 2 is 2.11 bits per heavy atom. The maximum Gasteiger partial charge on any atom is 0.573 e. The van der Waals surface area contributed by atoms with Crippen LogP contribution in [0.4, 0.5) is 18.0 Å². The van der Waals surface area contributed by atoms with Crippen molar-refractivity contribution in [1.29, 1.82) is 0 Å². The Hall–Kier alpha value is -1.96. The fourth-order valence-electron chi connectivity index (χ4n) is 2.00. The number of hydrogen-bond donors (Lipinski definition) is 2. The summed E-state index contributed by atoms with van der Waals surface area (Å²) in [5, 5.41) is 12.5. The van der Waals surface area contributed by atoms with Crippen LogP contribution in [0.25, 0.3) is 0 Å². The van der Waals surface area contributed by atoms with Gasteiger partial charge in [-0.2, -0.15) is 5.06 Å². The van der Waals surface area contributed by atoms with E-state index in [-0.39, 0.29) is 0 Å². The molecule has 104 valence electrons. The van der Waals surface area contributed by atoms with E-state index in [0.717, 1.165) is 12.1 Å². The topological polar surface area (TPSA) is 61.8 Å². The summed E-state index contributed by atoms with van der Waals surface area (Å²) in [7, 11) is 0. The predicted molar refractivity (Wildman–Crippen MR) is 57.5 cm³/mol. The number of nitrogens with zero attached hydrogens (tertiary/aromatic N) is 1. The minimum absolute atomic E-state index is 0.343. The molecule has 0 aliphatic carbocycles. The average Bonchev–Trinajstić information content (AvgIpc) is 2.51. The molecule has 1 aromatic rings. The van der Waals surface area contributed by atoms with Gasteiger partial charge in [0.15, 0.2) is 0 Å². The Labute approximate surface area is 106 Å². The second-order valence-electron chi connectivity index (χ2n) is 4.15. The zero-order valence-corrected chi connectivity index (χ0v) is 9.81. The van der Waals surface area contributed by atoms with Gasteiger partial charge in [0.2, 0.25) is 0 Å². The van der Waals surface area contributed by atoms with Crippen molar-refractivity contribution in [3.63, 3.8) is 0 Å². The Kier molecular flexibility index (Phi) is 3.27. The van der Waals surface area contributed by atoms with Crippen molar-refractivity contribution in [2.45, 2.75) is 25.4 Å². The van der Waals surface area contributed by atoms with Gasteiger partial charge in [-0.3, -0.25) is 5.21 Å². The molecule has 2 N–H and O–H groups in total. The summed E-state index contributed by atoms with van der Waals surface area (Å²) in [6.45, 7) is 1.63. The van der Waals surface area contributed by atoms with Crippen LogP contribution in [-0.4, -0.2) is 28.7 Å². The van der Waals surface area contributed by atoms with E-state index in [1.54, 1.807) is 6.92 Å². The van der Waals surface area contributed by atoms with Gasteiger partial charge in [-0.15, -0.1) is 13.2 Å². The van der Waals surface area contributed by atoms with E-state index >= 15 is 0 Å². The molecular formula is C11H11F3N2O3. The molecule has 2 rings (SSSR count). The summed E-state index contributed by atoms with van der Waals surface area (Å²) in [4.78, 5) is 11.2. The molecule has 0 bridgehead atoms. The number of ether oxygens (including phenoxy) is 1. The highest BCUT2D eigenvalue weighted by atomic mass is 19.4. The number of carbonyl (C=O) groups is 1. The van der Waals surface area contributed by atoms with Crippen LogP contribution in [-0.2, 0) is 0 Å². The van der Waals surface area contributed by atoms with Gasteiger partial charge in [-0.1, -0.05) is 12.1 Å². The van der Waals surface area contributed by atoms with Crippen molar-refractivity contribution in [3.8, 4) is 5.75 Å². The Bertz CT molecular complexity index is 492. The first-order chi connectivity index (χ1) is 8.78. The molecule has 5 nitrogen and oxygen atoms in total. The van der Waals surface area contributed by atoms with Crippen molar-refractivity contribution < 1.29 is 27.9 Å². The second-order valence-corrected chi connectivity index (χ2v) is 4.15. The van der Waals surface area contributed by atoms with Gasteiger partial charge < -0.3 is 10.1 Å². The molecule has 2 amide bonds. The smallest absolute Gasteiger partial charge is 0.406 e. The Balaban J connectivity index is 2.26. The van der Waals surface area contributed by atoms with Gasteiger partial charge >= 0.3 is 12.4 Å². The molecule has 0 aromatic heterocycles. The maximum atomic E-state index is 12.1. The lowest BCUT2D eigenvalue weighted by Crippen LogP contribution is -2.26. The van der Waals surface area contributed by atoms with E-state index in [2.05, 4.69) is 10.1 Å². The van der Waals surface area contributed by atoms with Crippen molar-refractivity contribution in [2.75, 3.05) is 0 Å². The van der Waals surface area contributed by atoms with E-state index < -0.39 is 30.2 Å². The summed E-state index contributed by atoms with van der Waals surface area (Å²) in [6.07, 6.45) is -4.78. The molecule has 1 aliphatic heterocycles. The number of nitrogens with one attached hydrogen (secondary N) is 1. The van der Waals surface area contributed by atoms with Gasteiger partial charge in [0.05, 0.1) is 6.04 Å². The number of alkyl halides is 3. The Morgan fingerprint density at radius 1 is 1.42 bits per heavy atom. The highest BCUT2D eigenvalue weighted by Crippen LogP contribution is 2.31. The zero-order valence-electron chi connectivity index (χ0n) is 9.81. The van der Waals surface area contributed by atoms with Crippen LogP contribution in [0.5, 0.6) is 5.75 Å². The average molecular weight is 276 g/mol. The third-order valence-corrected chi connectivity index (χ3v) is 2.73. The van der Waals surface area contributed by atoms with Gasteiger partial charge in [-0.25, -0.2) is 4.79 Å². The number of benzene rings is 1. The summed E-state index contributed by atoms with van der Waals surface area (Å²) < 4.78 is 40.1. The molecule has 19 heavy (non-hydrogen) atoms. The molecular weight excluding hydrogens is 265 g/mol. The third kappa shape index (κ3) is 2.90. The lowest BCUT2D eigenvalue weighted by Gasteiger charge is -2.20. The third-order valence-electron chi connectivity index (χ3n) is 2.73. The normalized spacial score (nSPS) is 23.4. The van der Waals surface area contributed by atoms with E-state index in [0.29, 0.717) is 10.6 Å². The highest BCUT2D eigenvalue weighted by Gasteiger charge is 2.38. The molecule has 1 aliphatic rings. The fraction of sp³-hybridized carbons (Fsp3) is 0.364. The number of urea groups is 1. The number of halogens is 3.